The first-order chi connectivity index (χ1) is 31.5. The zero-order valence-corrected chi connectivity index (χ0v) is 42.4. The van der Waals surface area contributed by atoms with E-state index in [0.29, 0.717) is 19.3 Å². The van der Waals surface area contributed by atoms with Crippen LogP contribution >= 0.6 is 0 Å². The summed E-state index contributed by atoms with van der Waals surface area (Å²) < 4.78 is 5.93. The van der Waals surface area contributed by atoms with Crippen LogP contribution in [-0.4, -0.2) is 46.9 Å². The molecule has 3 N–H and O–H groups in total. The van der Waals surface area contributed by atoms with E-state index < -0.39 is 18.2 Å². The Kier molecular flexibility index (Phi) is 49.6. The third-order valence-corrected chi connectivity index (χ3v) is 12.4. The highest BCUT2D eigenvalue weighted by atomic mass is 16.5. The van der Waals surface area contributed by atoms with Gasteiger partial charge >= 0.3 is 5.97 Å². The van der Waals surface area contributed by atoms with Crippen LogP contribution < -0.4 is 5.32 Å². The van der Waals surface area contributed by atoms with Crippen LogP contribution in [0.25, 0.3) is 0 Å². The van der Waals surface area contributed by atoms with E-state index in [4.69, 9.17) is 4.74 Å². The van der Waals surface area contributed by atoms with Crippen molar-refractivity contribution in [2.75, 3.05) is 6.61 Å². The van der Waals surface area contributed by atoms with Gasteiger partial charge in [0.25, 0.3) is 0 Å². The minimum absolute atomic E-state index is 0.0399. The van der Waals surface area contributed by atoms with Crippen LogP contribution in [0.3, 0.4) is 0 Å². The van der Waals surface area contributed by atoms with Gasteiger partial charge in [0.1, 0.15) is 6.10 Å². The monoisotopic (exact) mass is 896 g/mol. The molecule has 0 fully saturated rings. The van der Waals surface area contributed by atoms with Crippen molar-refractivity contribution in [1.29, 1.82) is 0 Å². The molecule has 3 unspecified atom stereocenters. The highest BCUT2D eigenvalue weighted by Gasteiger charge is 2.24. The number of carbonyl (C=O) groups excluding carboxylic acids is 2. The lowest BCUT2D eigenvalue weighted by Crippen LogP contribution is -2.46. The third kappa shape index (κ3) is 46.1. The molecule has 64 heavy (non-hydrogen) atoms. The average Bonchev–Trinajstić information content (AvgIpc) is 3.29. The van der Waals surface area contributed by atoms with Crippen LogP contribution in [-0.2, 0) is 14.3 Å². The molecular formula is C58H105NO5. The van der Waals surface area contributed by atoms with E-state index in [1.807, 2.05) is 0 Å². The number of aliphatic hydroxyl groups excluding tert-OH is 2. The molecule has 0 saturated carbocycles. The highest BCUT2D eigenvalue weighted by molar-refractivity contribution is 5.77. The molecule has 6 nitrogen and oxygen atoms in total. The fraction of sp³-hybridized carbons (Fsp3) is 0.793. The zero-order valence-electron chi connectivity index (χ0n) is 42.4. The number of ether oxygens (including phenoxy) is 1. The maximum absolute atomic E-state index is 13.2. The molecule has 1 amide bonds. The van der Waals surface area contributed by atoms with Crippen molar-refractivity contribution in [3.63, 3.8) is 0 Å². The van der Waals surface area contributed by atoms with Gasteiger partial charge in [-0.15, -0.1) is 0 Å². The van der Waals surface area contributed by atoms with Gasteiger partial charge in [0, 0.05) is 6.42 Å². The first kappa shape index (κ1) is 61.6. The standard InChI is InChI=1S/C58H105NO5/c1-4-7-10-13-16-19-22-25-27-29-30-32-34-37-40-43-46-49-54(64-58(63)51-48-45-42-39-36-33-31-28-26-23-20-17-14-11-8-5-2)52-57(62)59-55(53-60)56(61)50-47-44-41-38-35-24-21-18-15-12-9-6-3/h7,10,16,19,25,27,30,32,37,40,54-56,60-61H,4-6,8-9,11-15,17-18,20-24,26,28-29,31,33-36,38-39,41-53H2,1-3H3,(H,59,62)/b10-7-,19-16-,27-25-,32-30-,40-37-. The molecule has 0 aromatic rings. The van der Waals surface area contributed by atoms with E-state index in [1.54, 1.807) is 0 Å². The Morgan fingerprint density at radius 1 is 0.469 bits per heavy atom. The molecule has 3 atom stereocenters. The number of carbonyl (C=O) groups is 2. The van der Waals surface area contributed by atoms with Crippen LogP contribution in [0.15, 0.2) is 60.8 Å². The predicted molar refractivity (Wildman–Crippen MR) is 278 cm³/mol. The number of aliphatic hydroxyl groups is 2. The fourth-order valence-electron chi connectivity index (χ4n) is 8.23. The summed E-state index contributed by atoms with van der Waals surface area (Å²) in [6.07, 6.45) is 64.3. The fourth-order valence-corrected chi connectivity index (χ4v) is 8.23. The average molecular weight is 896 g/mol. The van der Waals surface area contributed by atoms with Crippen molar-refractivity contribution in [2.45, 2.75) is 289 Å². The Labute approximate surface area is 397 Å². The summed E-state index contributed by atoms with van der Waals surface area (Å²) in [6.45, 7) is 6.37. The first-order valence-electron chi connectivity index (χ1n) is 27.5. The minimum Gasteiger partial charge on any atom is -0.462 e. The van der Waals surface area contributed by atoms with Crippen LogP contribution in [0.1, 0.15) is 271 Å². The molecule has 0 aromatic heterocycles. The van der Waals surface area contributed by atoms with Crippen molar-refractivity contribution in [2.24, 2.45) is 0 Å². The molecule has 0 heterocycles. The maximum Gasteiger partial charge on any atom is 0.306 e. The van der Waals surface area contributed by atoms with Gasteiger partial charge in [-0.25, -0.2) is 0 Å². The molecule has 0 spiro atoms. The SMILES string of the molecule is CC/C=C\C/C=C\C/C=C\C/C=C\C/C=C\CCCC(CC(=O)NC(CO)C(O)CCCCCCCCCCCCCC)OC(=O)CCCCCCCCCCCCCCCCCC. The lowest BCUT2D eigenvalue weighted by Gasteiger charge is -2.24. The second-order valence-corrected chi connectivity index (χ2v) is 18.6. The number of nitrogens with one attached hydrogen (secondary N) is 1. The number of amides is 1. The summed E-state index contributed by atoms with van der Waals surface area (Å²) in [5.41, 5.74) is 0. The second-order valence-electron chi connectivity index (χ2n) is 18.6. The molecule has 0 aromatic carbocycles. The van der Waals surface area contributed by atoms with Crippen molar-refractivity contribution < 1.29 is 24.5 Å². The highest BCUT2D eigenvalue weighted by Crippen LogP contribution is 2.18. The molecule has 0 aliphatic heterocycles. The molecule has 372 valence electrons. The van der Waals surface area contributed by atoms with Gasteiger partial charge in [0.15, 0.2) is 0 Å². The van der Waals surface area contributed by atoms with Crippen molar-refractivity contribution in [3.05, 3.63) is 60.8 Å². The molecule has 0 aliphatic rings. The molecule has 0 bridgehead atoms. The summed E-state index contributed by atoms with van der Waals surface area (Å²) in [6, 6.07) is -0.719. The Balaban J connectivity index is 4.66. The molecule has 0 rings (SSSR count). The molecular weight excluding hydrogens is 791 g/mol. The molecule has 0 radical (unpaired) electrons. The van der Waals surface area contributed by atoms with E-state index in [0.717, 1.165) is 83.5 Å². The van der Waals surface area contributed by atoms with E-state index in [1.165, 1.54) is 141 Å². The largest absolute Gasteiger partial charge is 0.462 e. The van der Waals surface area contributed by atoms with Gasteiger partial charge in [0.05, 0.1) is 25.2 Å². The Morgan fingerprint density at radius 3 is 1.25 bits per heavy atom. The number of hydrogen-bond donors (Lipinski definition) is 3. The number of esters is 1. The number of allylic oxidation sites excluding steroid dienone is 10. The van der Waals surface area contributed by atoms with Gasteiger partial charge in [-0.1, -0.05) is 255 Å². The van der Waals surface area contributed by atoms with Gasteiger partial charge in [-0.05, 0) is 64.2 Å². The predicted octanol–water partition coefficient (Wildman–Crippen LogP) is 16.8. The lowest BCUT2D eigenvalue weighted by molar-refractivity contribution is -0.151. The van der Waals surface area contributed by atoms with Crippen LogP contribution in [0.5, 0.6) is 0 Å². The van der Waals surface area contributed by atoms with Crippen LogP contribution in [0.4, 0.5) is 0 Å². The maximum atomic E-state index is 13.2. The van der Waals surface area contributed by atoms with Gasteiger partial charge in [0.2, 0.25) is 5.91 Å². The van der Waals surface area contributed by atoms with Gasteiger partial charge in [-0.2, -0.15) is 0 Å². The number of rotatable bonds is 49. The molecule has 0 aliphatic carbocycles. The van der Waals surface area contributed by atoms with Crippen molar-refractivity contribution >= 4 is 11.9 Å². The summed E-state index contributed by atoms with van der Waals surface area (Å²) >= 11 is 0. The topological polar surface area (TPSA) is 95.9 Å². The summed E-state index contributed by atoms with van der Waals surface area (Å²) in [5, 5.41) is 23.8. The normalized spacial score (nSPS) is 13.6. The first-order valence-corrected chi connectivity index (χ1v) is 27.5. The Bertz CT molecular complexity index is 1140. The zero-order chi connectivity index (χ0) is 46.7. The van der Waals surface area contributed by atoms with E-state index in [2.05, 4.69) is 86.8 Å². The summed E-state index contributed by atoms with van der Waals surface area (Å²) in [7, 11) is 0. The van der Waals surface area contributed by atoms with Gasteiger partial charge in [-0.3, -0.25) is 9.59 Å². The van der Waals surface area contributed by atoms with Crippen molar-refractivity contribution in [3.8, 4) is 0 Å². The third-order valence-electron chi connectivity index (χ3n) is 12.4. The van der Waals surface area contributed by atoms with E-state index >= 15 is 0 Å². The summed E-state index contributed by atoms with van der Waals surface area (Å²) in [5.74, 6) is -0.522. The Hall–Kier alpha value is -2.44. The Morgan fingerprint density at radius 2 is 0.844 bits per heavy atom. The van der Waals surface area contributed by atoms with E-state index in [-0.39, 0.29) is 24.9 Å². The van der Waals surface area contributed by atoms with Crippen LogP contribution in [0.2, 0.25) is 0 Å². The number of hydrogen-bond acceptors (Lipinski definition) is 5. The summed E-state index contributed by atoms with van der Waals surface area (Å²) in [4.78, 5) is 26.2. The smallest absolute Gasteiger partial charge is 0.306 e. The van der Waals surface area contributed by atoms with Gasteiger partial charge < -0.3 is 20.3 Å². The van der Waals surface area contributed by atoms with E-state index in [9.17, 15) is 19.8 Å². The molecule has 6 heteroatoms. The lowest BCUT2D eigenvalue weighted by atomic mass is 10.0. The van der Waals surface area contributed by atoms with Crippen molar-refractivity contribution in [1.82, 2.24) is 5.32 Å². The number of unbranched alkanes of at least 4 members (excludes halogenated alkanes) is 27. The second kappa shape index (κ2) is 51.5. The minimum atomic E-state index is -0.802. The quantitative estimate of drug-likeness (QED) is 0.0321. The molecule has 0 saturated heterocycles. The van der Waals surface area contributed by atoms with Crippen LogP contribution in [0, 0.1) is 0 Å².